The predicted octanol–water partition coefficient (Wildman–Crippen LogP) is 20.9. The first kappa shape index (κ1) is 82.4. The molecule has 1 rings (SSSR count). The maximum absolute atomic E-state index is 13.2. The van der Waals surface area contributed by atoms with Gasteiger partial charge in [0.1, 0.15) is 24.4 Å². The molecule has 0 bridgehead atoms. The van der Waals surface area contributed by atoms with Crippen molar-refractivity contribution in [1.82, 2.24) is 5.32 Å². The largest absolute Gasteiger partial charge is 0.394 e. The maximum atomic E-state index is 13.2. The van der Waals surface area contributed by atoms with Crippen LogP contribution in [0.4, 0.5) is 0 Å². The van der Waals surface area contributed by atoms with Gasteiger partial charge in [-0.3, -0.25) is 4.79 Å². The van der Waals surface area contributed by atoms with Gasteiger partial charge in [-0.1, -0.05) is 356 Å². The van der Waals surface area contributed by atoms with Crippen LogP contribution in [-0.4, -0.2) is 87.5 Å². The standard InChI is InChI=1S/C78H141NO8/c1-3-5-7-9-11-13-15-17-19-21-23-25-27-29-31-33-35-36-38-40-42-44-46-48-50-52-54-56-58-60-62-64-66-68-74(82)79-71(70-86-78-77(85)76(84)75(83)73(69-80)87-78)72(81)67-65-63-61-59-57-55-53-51-49-47-45-43-41-39-37-34-32-30-28-26-24-22-20-18-16-14-12-10-8-6-4-2/h5,7,11,13,17,19,23,25,29,31,35-36,40,42,71-73,75-78,80-81,83-85H,3-4,6,8-10,12,14-16,18,20-22,24,26-28,30,32-34,37-39,41,43-70H2,1-2H3,(H,79,82)/b7-5-,13-11-,19-17-,25-23-,31-29-,36-35-,42-40-. The highest BCUT2D eigenvalue weighted by atomic mass is 16.7. The molecule has 0 radical (unpaired) electrons. The molecule has 0 aromatic rings. The molecule has 1 fully saturated rings. The summed E-state index contributed by atoms with van der Waals surface area (Å²) in [6.45, 7) is 3.76. The Kier molecular flexibility index (Phi) is 62.8. The Balaban J connectivity index is 2.11. The molecule has 6 N–H and O–H groups in total. The van der Waals surface area contributed by atoms with Crippen molar-refractivity contribution >= 4 is 5.91 Å². The first-order valence-electron chi connectivity index (χ1n) is 37.3. The van der Waals surface area contributed by atoms with E-state index in [2.05, 4.69) is 104 Å². The number of allylic oxidation sites excluding steroid dienone is 14. The molecule has 0 aromatic heterocycles. The molecule has 1 aliphatic rings. The highest BCUT2D eigenvalue weighted by molar-refractivity contribution is 5.76. The summed E-state index contributed by atoms with van der Waals surface area (Å²) in [6, 6.07) is -0.728. The van der Waals surface area contributed by atoms with Gasteiger partial charge in [0.2, 0.25) is 5.91 Å². The van der Waals surface area contributed by atoms with Gasteiger partial charge in [-0.25, -0.2) is 0 Å². The second-order valence-corrected chi connectivity index (χ2v) is 25.7. The van der Waals surface area contributed by atoms with E-state index in [0.717, 1.165) is 89.9 Å². The van der Waals surface area contributed by atoms with Gasteiger partial charge in [0.15, 0.2) is 6.29 Å². The van der Waals surface area contributed by atoms with E-state index in [1.54, 1.807) is 0 Å². The molecule has 1 heterocycles. The fourth-order valence-corrected chi connectivity index (χ4v) is 11.7. The van der Waals surface area contributed by atoms with Crippen molar-refractivity contribution in [2.45, 2.75) is 391 Å². The van der Waals surface area contributed by atoms with Gasteiger partial charge in [-0.05, 0) is 70.6 Å². The summed E-state index contributed by atoms with van der Waals surface area (Å²) in [5, 5.41) is 55.0. The second-order valence-electron chi connectivity index (χ2n) is 25.7. The lowest BCUT2D eigenvalue weighted by Crippen LogP contribution is -2.60. The van der Waals surface area contributed by atoms with Crippen molar-refractivity contribution in [3.63, 3.8) is 0 Å². The topological polar surface area (TPSA) is 149 Å². The van der Waals surface area contributed by atoms with Crippen LogP contribution in [0.1, 0.15) is 348 Å². The Labute approximate surface area is 537 Å². The van der Waals surface area contributed by atoms with Gasteiger partial charge in [0.25, 0.3) is 0 Å². The van der Waals surface area contributed by atoms with Gasteiger partial charge in [0, 0.05) is 6.42 Å². The van der Waals surface area contributed by atoms with Crippen molar-refractivity contribution in [1.29, 1.82) is 0 Å². The fourth-order valence-electron chi connectivity index (χ4n) is 11.7. The Bertz CT molecular complexity index is 1650. The number of hydrogen-bond acceptors (Lipinski definition) is 8. The summed E-state index contributed by atoms with van der Waals surface area (Å²) in [7, 11) is 0. The van der Waals surface area contributed by atoms with Crippen molar-refractivity contribution in [3.05, 3.63) is 85.1 Å². The SMILES string of the molecule is CC/C=C\C/C=C\C/C=C\C/C=C\C/C=C\C/C=C\C/C=C\CCCCCCCCCCCCCC(=O)NC(COC1OC(CO)C(O)C(O)C1O)C(O)CCCCCCCCCCCCCCCCCCCCCCCCCCCCCCCCC. The number of nitrogens with one attached hydrogen (secondary N) is 1. The van der Waals surface area contributed by atoms with E-state index >= 15 is 0 Å². The van der Waals surface area contributed by atoms with Crippen LogP contribution < -0.4 is 5.32 Å². The van der Waals surface area contributed by atoms with Crippen LogP contribution in [0.2, 0.25) is 0 Å². The molecule has 9 nitrogen and oxygen atoms in total. The van der Waals surface area contributed by atoms with Crippen molar-refractivity contribution in [2.24, 2.45) is 0 Å². The monoisotopic (exact) mass is 1220 g/mol. The molecule has 87 heavy (non-hydrogen) atoms. The molecule has 9 heteroatoms. The van der Waals surface area contributed by atoms with E-state index in [9.17, 15) is 30.3 Å². The van der Waals surface area contributed by atoms with Crippen molar-refractivity contribution < 1.29 is 39.8 Å². The molecule has 1 aliphatic heterocycles. The van der Waals surface area contributed by atoms with Gasteiger partial charge in [0.05, 0.1) is 25.4 Å². The lowest BCUT2D eigenvalue weighted by atomic mass is 9.99. The van der Waals surface area contributed by atoms with E-state index < -0.39 is 49.5 Å². The number of carbonyl (C=O) groups is 1. The molecule has 0 saturated carbocycles. The number of hydrogen-bond donors (Lipinski definition) is 6. The number of ether oxygens (including phenoxy) is 2. The minimum absolute atomic E-state index is 0.141. The second kappa shape index (κ2) is 66.3. The molecule has 1 amide bonds. The van der Waals surface area contributed by atoms with Crippen LogP contribution >= 0.6 is 0 Å². The molecular formula is C78H141NO8. The molecule has 0 aromatic carbocycles. The molecule has 0 spiro atoms. The summed E-state index contributed by atoms with van der Waals surface area (Å²) in [6.07, 6.45) is 88.0. The van der Waals surface area contributed by atoms with Crippen LogP contribution in [0.15, 0.2) is 85.1 Å². The van der Waals surface area contributed by atoms with E-state index in [1.165, 1.54) is 231 Å². The molecule has 7 unspecified atom stereocenters. The third-order valence-electron chi connectivity index (χ3n) is 17.5. The van der Waals surface area contributed by atoms with Gasteiger partial charge < -0.3 is 40.3 Å². The third-order valence-corrected chi connectivity index (χ3v) is 17.5. The third kappa shape index (κ3) is 54.8. The highest BCUT2D eigenvalue weighted by Gasteiger charge is 2.44. The normalized spacial score (nSPS) is 18.4. The van der Waals surface area contributed by atoms with Crippen LogP contribution in [0.25, 0.3) is 0 Å². The Hall–Kier alpha value is -2.63. The smallest absolute Gasteiger partial charge is 0.220 e. The number of unbranched alkanes of at least 4 members (excludes halogenated alkanes) is 41. The van der Waals surface area contributed by atoms with E-state index in [-0.39, 0.29) is 12.5 Å². The fraction of sp³-hybridized carbons (Fsp3) is 0.808. The first-order valence-corrected chi connectivity index (χ1v) is 37.3. The predicted molar refractivity (Wildman–Crippen MR) is 373 cm³/mol. The van der Waals surface area contributed by atoms with Crippen LogP contribution in [-0.2, 0) is 14.3 Å². The molecule has 7 atom stereocenters. The number of aliphatic hydroxyl groups excluding tert-OH is 5. The zero-order chi connectivity index (χ0) is 62.8. The quantitative estimate of drug-likeness (QED) is 0.0261. The lowest BCUT2D eigenvalue weighted by molar-refractivity contribution is -0.302. The summed E-state index contributed by atoms with van der Waals surface area (Å²) in [5.74, 6) is -0.146. The minimum Gasteiger partial charge on any atom is -0.394 e. The van der Waals surface area contributed by atoms with Crippen molar-refractivity contribution in [3.8, 4) is 0 Å². The van der Waals surface area contributed by atoms with Crippen LogP contribution in [0.3, 0.4) is 0 Å². The summed E-state index contributed by atoms with van der Waals surface area (Å²) >= 11 is 0. The molecule has 506 valence electrons. The first-order chi connectivity index (χ1) is 42.8. The lowest BCUT2D eigenvalue weighted by Gasteiger charge is -2.40. The Morgan fingerprint density at radius 2 is 0.713 bits per heavy atom. The number of rotatable bonds is 65. The summed E-state index contributed by atoms with van der Waals surface area (Å²) < 4.78 is 11.4. The summed E-state index contributed by atoms with van der Waals surface area (Å²) in [5.41, 5.74) is 0. The van der Waals surface area contributed by atoms with Gasteiger partial charge in [-0.15, -0.1) is 0 Å². The van der Waals surface area contributed by atoms with Gasteiger partial charge in [-0.2, -0.15) is 0 Å². The zero-order valence-corrected chi connectivity index (χ0v) is 56.8. The van der Waals surface area contributed by atoms with Crippen molar-refractivity contribution in [2.75, 3.05) is 13.2 Å². The van der Waals surface area contributed by atoms with Crippen LogP contribution in [0.5, 0.6) is 0 Å². The minimum atomic E-state index is -1.56. The Morgan fingerprint density at radius 1 is 0.402 bits per heavy atom. The van der Waals surface area contributed by atoms with Gasteiger partial charge >= 0.3 is 0 Å². The summed E-state index contributed by atoms with van der Waals surface area (Å²) in [4.78, 5) is 13.2. The maximum Gasteiger partial charge on any atom is 0.220 e. The zero-order valence-electron chi connectivity index (χ0n) is 56.8. The highest BCUT2D eigenvalue weighted by Crippen LogP contribution is 2.24. The molecule has 0 aliphatic carbocycles. The number of carbonyl (C=O) groups excluding carboxylic acids is 1. The number of amides is 1. The number of aliphatic hydroxyl groups is 5. The Morgan fingerprint density at radius 3 is 1.06 bits per heavy atom. The van der Waals surface area contributed by atoms with E-state index in [4.69, 9.17) is 9.47 Å². The average molecular weight is 1220 g/mol. The average Bonchev–Trinajstić information content (AvgIpc) is 3.38. The molecular weight excluding hydrogens is 1080 g/mol. The molecule has 1 saturated heterocycles. The van der Waals surface area contributed by atoms with E-state index in [0.29, 0.717) is 12.8 Å². The van der Waals surface area contributed by atoms with E-state index in [1.807, 2.05) is 0 Å². The van der Waals surface area contributed by atoms with Crippen LogP contribution in [0, 0.1) is 0 Å².